The SMILES string of the molecule is C=CCNC1(CN)CCN(CCc2ccccc2)CC1. The van der Waals surface area contributed by atoms with Crippen molar-refractivity contribution in [3.8, 4) is 0 Å². The predicted octanol–water partition coefficient (Wildman–Crippen LogP) is 1.80. The molecular formula is C17H27N3. The molecule has 0 bridgehead atoms. The van der Waals surface area contributed by atoms with Crippen molar-refractivity contribution in [2.75, 3.05) is 32.7 Å². The summed E-state index contributed by atoms with van der Waals surface area (Å²) in [6.07, 6.45) is 5.31. The van der Waals surface area contributed by atoms with Crippen molar-refractivity contribution in [1.29, 1.82) is 0 Å². The molecule has 1 aliphatic heterocycles. The van der Waals surface area contributed by atoms with E-state index in [1.54, 1.807) is 0 Å². The fraction of sp³-hybridized carbons (Fsp3) is 0.529. The fourth-order valence-corrected chi connectivity index (χ4v) is 2.88. The lowest BCUT2D eigenvalue weighted by Crippen LogP contribution is -2.57. The normalized spacial score (nSPS) is 18.9. The van der Waals surface area contributed by atoms with Crippen LogP contribution in [0.25, 0.3) is 0 Å². The summed E-state index contributed by atoms with van der Waals surface area (Å²) in [6, 6.07) is 10.7. The van der Waals surface area contributed by atoms with Crippen LogP contribution in [0.15, 0.2) is 43.0 Å². The molecule has 0 aromatic heterocycles. The van der Waals surface area contributed by atoms with Crippen LogP contribution in [0.4, 0.5) is 0 Å². The highest BCUT2D eigenvalue weighted by Gasteiger charge is 2.32. The Balaban J connectivity index is 1.77. The zero-order valence-corrected chi connectivity index (χ0v) is 12.4. The molecule has 0 radical (unpaired) electrons. The topological polar surface area (TPSA) is 41.3 Å². The minimum absolute atomic E-state index is 0.122. The molecule has 20 heavy (non-hydrogen) atoms. The second-order valence-electron chi connectivity index (χ2n) is 5.73. The molecule has 0 saturated carbocycles. The van der Waals surface area contributed by atoms with Crippen LogP contribution in [0.5, 0.6) is 0 Å². The first kappa shape index (κ1) is 15.2. The lowest BCUT2D eigenvalue weighted by Gasteiger charge is -2.42. The molecule has 2 rings (SSSR count). The highest BCUT2D eigenvalue weighted by molar-refractivity contribution is 5.15. The Morgan fingerprint density at radius 3 is 2.55 bits per heavy atom. The molecule has 110 valence electrons. The average molecular weight is 273 g/mol. The standard InChI is InChI=1S/C17H27N3/c1-2-11-19-17(15-18)9-13-20(14-10-17)12-8-16-6-4-3-5-7-16/h2-7,19H,1,8-15,18H2. The van der Waals surface area contributed by atoms with Crippen molar-refractivity contribution in [1.82, 2.24) is 10.2 Å². The van der Waals surface area contributed by atoms with Gasteiger partial charge in [0.2, 0.25) is 0 Å². The molecule has 3 N–H and O–H groups in total. The monoisotopic (exact) mass is 273 g/mol. The summed E-state index contributed by atoms with van der Waals surface area (Å²) in [5.41, 5.74) is 7.52. The minimum Gasteiger partial charge on any atom is -0.329 e. The molecule has 1 fully saturated rings. The van der Waals surface area contributed by atoms with Crippen LogP contribution in [-0.4, -0.2) is 43.2 Å². The number of nitrogens with zero attached hydrogens (tertiary/aromatic N) is 1. The molecule has 0 aliphatic carbocycles. The van der Waals surface area contributed by atoms with Gasteiger partial charge in [-0.25, -0.2) is 0 Å². The van der Waals surface area contributed by atoms with Gasteiger partial charge < -0.3 is 16.0 Å². The highest BCUT2D eigenvalue weighted by atomic mass is 15.2. The summed E-state index contributed by atoms with van der Waals surface area (Å²) in [4.78, 5) is 2.55. The Labute approximate surface area is 122 Å². The molecule has 0 unspecified atom stereocenters. The molecule has 1 aromatic rings. The van der Waals surface area contributed by atoms with Gasteiger partial charge in [-0.15, -0.1) is 6.58 Å². The first-order valence-electron chi connectivity index (χ1n) is 7.60. The smallest absolute Gasteiger partial charge is 0.0331 e. The van der Waals surface area contributed by atoms with Gasteiger partial charge in [-0.2, -0.15) is 0 Å². The van der Waals surface area contributed by atoms with Crippen LogP contribution in [0, 0.1) is 0 Å². The second kappa shape index (κ2) is 7.58. The molecular weight excluding hydrogens is 246 g/mol. The van der Waals surface area contributed by atoms with Gasteiger partial charge in [-0.05, 0) is 37.9 Å². The zero-order chi connectivity index (χ0) is 14.3. The van der Waals surface area contributed by atoms with Gasteiger partial charge in [-0.3, -0.25) is 0 Å². The van der Waals surface area contributed by atoms with Crippen LogP contribution in [0.3, 0.4) is 0 Å². The Morgan fingerprint density at radius 1 is 1.25 bits per heavy atom. The van der Waals surface area contributed by atoms with Gasteiger partial charge in [0.25, 0.3) is 0 Å². The van der Waals surface area contributed by atoms with Crippen molar-refractivity contribution in [3.63, 3.8) is 0 Å². The van der Waals surface area contributed by atoms with Crippen LogP contribution in [0.1, 0.15) is 18.4 Å². The summed E-state index contributed by atoms with van der Waals surface area (Å²) in [5, 5.41) is 3.56. The van der Waals surface area contributed by atoms with Gasteiger partial charge in [0.1, 0.15) is 0 Å². The van der Waals surface area contributed by atoms with Crippen molar-refractivity contribution in [2.45, 2.75) is 24.8 Å². The van der Waals surface area contributed by atoms with Crippen LogP contribution in [-0.2, 0) is 6.42 Å². The van der Waals surface area contributed by atoms with Gasteiger partial charge in [0.15, 0.2) is 0 Å². The van der Waals surface area contributed by atoms with E-state index in [0.29, 0.717) is 6.54 Å². The number of likely N-dealkylation sites (tertiary alicyclic amines) is 1. The van der Waals surface area contributed by atoms with Crippen molar-refractivity contribution < 1.29 is 0 Å². The van der Waals surface area contributed by atoms with Crippen LogP contribution in [0.2, 0.25) is 0 Å². The van der Waals surface area contributed by atoms with Crippen LogP contribution >= 0.6 is 0 Å². The van der Waals surface area contributed by atoms with Gasteiger partial charge in [0.05, 0.1) is 0 Å². The number of rotatable bonds is 7. The largest absolute Gasteiger partial charge is 0.329 e. The molecule has 3 heteroatoms. The number of hydrogen-bond acceptors (Lipinski definition) is 3. The van der Waals surface area contributed by atoms with E-state index in [1.807, 2.05) is 6.08 Å². The van der Waals surface area contributed by atoms with E-state index in [4.69, 9.17) is 5.73 Å². The van der Waals surface area contributed by atoms with Gasteiger partial charge in [-0.1, -0.05) is 36.4 Å². The third-order valence-electron chi connectivity index (χ3n) is 4.38. The van der Waals surface area contributed by atoms with E-state index in [9.17, 15) is 0 Å². The number of piperidine rings is 1. The molecule has 1 aromatic carbocycles. The Morgan fingerprint density at radius 2 is 1.95 bits per heavy atom. The molecule has 0 spiro atoms. The first-order valence-corrected chi connectivity index (χ1v) is 7.60. The summed E-state index contributed by atoms with van der Waals surface area (Å²) >= 11 is 0. The van der Waals surface area contributed by atoms with Crippen molar-refractivity contribution in [2.24, 2.45) is 5.73 Å². The maximum Gasteiger partial charge on any atom is 0.0331 e. The zero-order valence-electron chi connectivity index (χ0n) is 12.4. The summed E-state index contributed by atoms with van der Waals surface area (Å²) in [6.45, 7) is 8.75. The molecule has 0 atom stereocenters. The molecule has 0 amide bonds. The molecule has 3 nitrogen and oxygen atoms in total. The Bertz CT molecular complexity index is 394. The highest BCUT2D eigenvalue weighted by Crippen LogP contribution is 2.21. The Kier molecular flexibility index (Phi) is 5.77. The summed E-state index contributed by atoms with van der Waals surface area (Å²) in [7, 11) is 0. The number of hydrogen-bond donors (Lipinski definition) is 2. The van der Waals surface area contributed by atoms with E-state index in [1.165, 1.54) is 5.56 Å². The summed E-state index contributed by atoms with van der Waals surface area (Å²) < 4.78 is 0. The average Bonchev–Trinajstić information content (AvgIpc) is 2.53. The van der Waals surface area contributed by atoms with E-state index in [-0.39, 0.29) is 5.54 Å². The van der Waals surface area contributed by atoms with E-state index >= 15 is 0 Å². The maximum atomic E-state index is 5.97. The van der Waals surface area contributed by atoms with Gasteiger partial charge in [0, 0.05) is 25.2 Å². The lowest BCUT2D eigenvalue weighted by atomic mass is 9.87. The number of nitrogens with two attached hydrogens (primary N) is 1. The van der Waals surface area contributed by atoms with Gasteiger partial charge >= 0.3 is 0 Å². The number of nitrogens with one attached hydrogen (secondary N) is 1. The van der Waals surface area contributed by atoms with E-state index < -0.39 is 0 Å². The van der Waals surface area contributed by atoms with Crippen molar-refractivity contribution in [3.05, 3.63) is 48.6 Å². The lowest BCUT2D eigenvalue weighted by molar-refractivity contribution is 0.143. The predicted molar refractivity (Wildman–Crippen MR) is 85.8 cm³/mol. The molecule has 1 saturated heterocycles. The minimum atomic E-state index is 0.122. The van der Waals surface area contributed by atoms with E-state index in [2.05, 4.69) is 47.1 Å². The van der Waals surface area contributed by atoms with E-state index in [0.717, 1.165) is 45.4 Å². The maximum absolute atomic E-state index is 5.97. The second-order valence-corrected chi connectivity index (χ2v) is 5.73. The van der Waals surface area contributed by atoms with Crippen molar-refractivity contribution >= 4 is 0 Å². The molecule has 1 aliphatic rings. The first-order chi connectivity index (χ1) is 9.78. The quantitative estimate of drug-likeness (QED) is 0.744. The number of benzene rings is 1. The summed E-state index contributed by atoms with van der Waals surface area (Å²) in [5.74, 6) is 0. The fourth-order valence-electron chi connectivity index (χ4n) is 2.88. The third-order valence-corrected chi connectivity index (χ3v) is 4.38. The third kappa shape index (κ3) is 4.17. The Hall–Kier alpha value is -1.16. The van der Waals surface area contributed by atoms with Crippen LogP contribution < -0.4 is 11.1 Å². The molecule has 1 heterocycles.